The van der Waals surface area contributed by atoms with Crippen LogP contribution in [0.25, 0.3) is 10.4 Å². The predicted molar refractivity (Wildman–Crippen MR) is 130 cm³/mol. The minimum atomic E-state index is -0.869. The van der Waals surface area contributed by atoms with E-state index in [0.29, 0.717) is 47.7 Å². The van der Waals surface area contributed by atoms with Gasteiger partial charge in [0.1, 0.15) is 5.82 Å². The smallest absolute Gasteiger partial charge is 0.437 e. The minimum absolute atomic E-state index is 0.0339. The van der Waals surface area contributed by atoms with Crippen LogP contribution in [0.1, 0.15) is 58.3 Å². The van der Waals surface area contributed by atoms with Crippen LogP contribution in [-0.4, -0.2) is 36.4 Å². The number of anilines is 1. The SMILES string of the molecule is COC(=O)Oc1sc(-c2cccc(F)c2)cc1N(C(=O)C1CCC(C)CC1)C1CCC(O)CC1. The van der Waals surface area contributed by atoms with Crippen molar-refractivity contribution in [1.29, 1.82) is 0 Å². The van der Waals surface area contributed by atoms with E-state index >= 15 is 0 Å². The van der Waals surface area contributed by atoms with E-state index in [4.69, 9.17) is 9.47 Å². The van der Waals surface area contributed by atoms with E-state index in [1.165, 1.54) is 30.6 Å². The van der Waals surface area contributed by atoms with Gasteiger partial charge in [0.25, 0.3) is 0 Å². The molecule has 0 bridgehead atoms. The van der Waals surface area contributed by atoms with E-state index in [1.54, 1.807) is 17.0 Å². The molecule has 2 aliphatic rings. The number of benzene rings is 1. The molecule has 0 atom stereocenters. The second-order valence-corrected chi connectivity index (χ2v) is 10.5. The summed E-state index contributed by atoms with van der Waals surface area (Å²) in [5.74, 6) is 0.188. The van der Waals surface area contributed by atoms with Gasteiger partial charge in [0.05, 0.1) is 18.9 Å². The molecule has 1 amide bonds. The van der Waals surface area contributed by atoms with Crippen molar-refractivity contribution < 1.29 is 28.6 Å². The molecule has 1 aromatic carbocycles. The van der Waals surface area contributed by atoms with Gasteiger partial charge < -0.3 is 19.5 Å². The molecule has 2 aromatic rings. The van der Waals surface area contributed by atoms with Gasteiger partial charge >= 0.3 is 6.16 Å². The van der Waals surface area contributed by atoms with Gasteiger partial charge in [0.15, 0.2) is 0 Å². The number of carbonyl (C=O) groups is 2. The Hall–Kier alpha value is -2.45. The Balaban J connectivity index is 1.75. The molecule has 0 radical (unpaired) electrons. The number of nitrogens with zero attached hydrogens (tertiary/aromatic N) is 1. The van der Waals surface area contributed by atoms with E-state index in [0.717, 1.165) is 25.7 Å². The summed E-state index contributed by atoms with van der Waals surface area (Å²) in [4.78, 5) is 28.5. The summed E-state index contributed by atoms with van der Waals surface area (Å²) < 4.78 is 24.1. The van der Waals surface area contributed by atoms with Crippen LogP contribution >= 0.6 is 11.3 Å². The number of amides is 1. The minimum Gasteiger partial charge on any atom is -0.437 e. The van der Waals surface area contributed by atoms with Crippen LogP contribution in [0, 0.1) is 17.7 Å². The lowest BCUT2D eigenvalue weighted by molar-refractivity contribution is -0.124. The zero-order chi connectivity index (χ0) is 24.2. The summed E-state index contributed by atoms with van der Waals surface area (Å²) in [6, 6.07) is 7.91. The monoisotopic (exact) mass is 489 g/mol. The first-order chi connectivity index (χ1) is 16.4. The maximum Gasteiger partial charge on any atom is 0.514 e. The summed E-state index contributed by atoms with van der Waals surface area (Å²) in [6.45, 7) is 2.22. The molecule has 4 rings (SSSR count). The van der Waals surface area contributed by atoms with Crippen LogP contribution in [0.15, 0.2) is 30.3 Å². The fourth-order valence-electron chi connectivity index (χ4n) is 5.02. The Morgan fingerprint density at radius 1 is 1.06 bits per heavy atom. The number of aliphatic hydroxyl groups excluding tert-OH is 1. The highest BCUT2D eigenvalue weighted by molar-refractivity contribution is 7.18. The Bertz CT molecular complexity index is 1010. The number of rotatable bonds is 5. The van der Waals surface area contributed by atoms with Crippen molar-refractivity contribution >= 4 is 29.1 Å². The Morgan fingerprint density at radius 3 is 2.41 bits per heavy atom. The molecule has 2 aliphatic carbocycles. The quantitative estimate of drug-likeness (QED) is 0.509. The number of thiophene rings is 1. The van der Waals surface area contributed by atoms with E-state index in [-0.39, 0.29) is 34.9 Å². The second kappa shape index (κ2) is 10.9. The highest BCUT2D eigenvalue weighted by Crippen LogP contribution is 2.46. The summed E-state index contributed by atoms with van der Waals surface area (Å²) in [6.07, 6.45) is 5.02. The first-order valence-corrected chi connectivity index (χ1v) is 12.8. The van der Waals surface area contributed by atoms with E-state index in [2.05, 4.69) is 6.92 Å². The van der Waals surface area contributed by atoms with Gasteiger partial charge in [0, 0.05) is 16.8 Å². The lowest BCUT2D eigenvalue weighted by Gasteiger charge is -2.38. The van der Waals surface area contributed by atoms with Gasteiger partial charge in [-0.25, -0.2) is 9.18 Å². The molecular weight excluding hydrogens is 457 g/mol. The number of ether oxygens (including phenoxy) is 2. The van der Waals surface area contributed by atoms with Crippen LogP contribution in [0.5, 0.6) is 5.06 Å². The molecule has 2 fully saturated rings. The maximum atomic E-state index is 13.9. The highest BCUT2D eigenvalue weighted by Gasteiger charge is 2.37. The van der Waals surface area contributed by atoms with Crippen LogP contribution < -0.4 is 9.64 Å². The van der Waals surface area contributed by atoms with E-state index < -0.39 is 6.16 Å². The summed E-state index contributed by atoms with van der Waals surface area (Å²) >= 11 is 1.19. The molecular formula is C26H32FNO5S. The van der Waals surface area contributed by atoms with Gasteiger partial charge in [-0.3, -0.25) is 4.79 Å². The van der Waals surface area contributed by atoms with Crippen molar-refractivity contribution in [3.05, 3.63) is 36.1 Å². The van der Waals surface area contributed by atoms with Crippen molar-refractivity contribution in [2.45, 2.75) is 70.4 Å². The van der Waals surface area contributed by atoms with Crippen molar-refractivity contribution in [3.63, 3.8) is 0 Å². The van der Waals surface area contributed by atoms with Crippen LogP contribution in [0.4, 0.5) is 14.9 Å². The van der Waals surface area contributed by atoms with Crippen molar-refractivity contribution in [2.24, 2.45) is 11.8 Å². The molecule has 184 valence electrons. The van der Waals surface area contributed by atoms with E-state index in [1.807, 2.05) is 6.07 Å². The lowest BCUT2D eigenvalue weighted by Crippen LogP contribution is -2.46. The predicted octanol–water partition coefficient (Wildman–Crippen LogP) is 6.16. The first-order valence-electron chi connectivity index (χ1n) is 12.0. The Labute approximate surface area is 203 Å². The fraction of sp³-hybridized carbons (Fsp3) is 0.538. The molecule has 0 saturated heterocycles. The van der Waals surface area contributed by atoms with Crippen LogP contribution in [0.3, 0.4) is 0 Å². The standard InChI is InChI=1S/C26H32FNO5S/c1-16-6-8-17(9-7-16)24(30)28(20-10-12-21(29)13-11-20)22-15-23(18-4-3-5-19(27)14-18)34-25(22)33-26(31)32-2/h3-5,14-17,20-21,29H,6-13H2,1-2H3. The summed E-state index contributed by atoms with van der Waals surface area (Å²) in [7, 11) is 1.23. The summed E-state index contributed by atoms with van der Waals surface area (Å²) in [5.41, 5.74) is 1.16. The topological polar surface area (TPSA) is 76.1 Å². The first kappa shape index (κ1) is 24.7. The third kappa shape index (κ3) is 5.61. The lowest BCUT2D eigenvalue weighted by atomic mass is 9.81. The van der Waals surface area contributed by atoms with Crippen molar-refractivity contribution in [2.75, 3.05) is 12.0 Å². The molecule has 0 aliphatic heterocycles. The third-order valence-corrected chi connectivity index (χ3v) is 8.08. The molecule has 6 nitrogen and oxygen atoms in total. The number of hydrogen-bond donors (Lipinski definition) is 1. The molecule has 0 spiro atoms. The van der Waals surface area contributed by atoms with Gasteiger partial charge in [-0.1, -0.05) is 30.4 Å². The van der Waals surface area contributed by atoms with Crippen molar-refractivity contribution in [1.82, 2.24) is 0 Å². The molecule has 1 aromatic heterocycles. The normalized spacial score (nSPS) is 24.9. The Morgan fingerprint density at radius 2 is 1.76 bits per heavy atom. The van der Waals surface area contributed by atoms with E-state index in [9.17, 15) is 19.1 Å². The second-order valence-electron chi connectivity index (χ2n) is 9.48. The van der Waals surface area contributed by atoms with Gasteiger partial charge in [-0.2, -0.15) is 0 Å². The third-order valence-electron chi connectivity index (χ3n) is 7.02. The highest BCUT2D eigenvalue weighted by atomic mass is 32.1. The number of carbonyl (C=O) groups excluding carboxylic acids is 2. The molecule has 34 heavy (non-hydrogen) atoms. The maximum absolute atomic E-state index is 13.9. The van der Waals surface area contributed by atoms with Gasteiger partial charge in [-0.05, 0) is 81.0 Å². The van der Waals surface area contributed by atoms with Crippen LogP contribution in [0.2, 0.25) is 0 Å². The zero-order valence-electron chi connectivity index (χ0n) is 19.7. The number of halogens is 1. The molecule has 1 N–H and O–H groups in total. The number of hydrogen-bond acceptors (Lipinski definition) is 6. The molecule has 0 unspecified atom stereocenters. The summed E-state index contributed by atoms with van der Waals surface area (Å²) in [5, 5.41) is 10.3. The molecule has 2 saturated carbocycles. The molecule has 8 heteroatoms. The molecule has 1 heterocycles. The zero-order valence-corrected chi connectivity index (χ0v) is 20.5. The number of aliphatic hydroxyl groups is 1. The average molecular weight is 490 g/mol. The van der Waals surface area contributed by atoms with Gasteiger partial charge in [-0.15, -0.1) is 0 Å². The number of methoxy groups -OCH3 is 1. The van der Waals surface area contributed by atoms with Crippen LogP contribution in [-0.2, 0) is 9.53 Å². The fourth-order valence-corrected chi connectivity index (χ4v) is 6.01. The Kier molecular flexibility index (Phi) is 7.88. The largest absolute Gasteiger partial charge is 0.514 e. The van der Waals surface area contributed by atoms with Crippen molar-refractivity contribution in [3.8, 4) is 15.5 Å². The average Bonchev–Trinajstić information content (AvgIpc) is 3.24. The van der Waals surface area contributed by atoms with Gasteiger partial charge in [0.2, 0.25) is 11.0 Å².